The van der Waals surface area contributed by atoms with Crippen molar-refractivity contribution in [2.45, 2.75) is 0 Å². The molecule has 0 aliphatic carbocycles. The number of nitrogen functional groups attached to an aromatic ring is 1. The van der Waals surface area contributed by atoms with Crippen molar-refractivity contribution >= 4 is 38.9 Å². The molecule has 1 aromatic heterocycles. The number of amides is 1. The molecule has 5 nitrogen and oxygen atoms in total. The lowest BCUT2D eigenvalue weighted by Gasteiger charge is -2.20. The Bertz CT molecular complexity index is 618. The average molecular weight is 335 g/mol. The van der Waals surface area contributed by atoms with E-state index in [1.807, 2.05) is 31.3 Å². The first-order valence-corrected chi connectivity index (χ1v) is 6.81. The third-order valence-corrected chi connectivity index (χ3v) is 3.22. The van der Waals surface area contributed by atoms with Crippen LogP contribution in [0.2, 0.25) is 0 Å². The molecule has 0 unspecified atom stereocenters. The fraction of sp³-hybridized carbons (Fsp3) is 0.143. The maximum atomic E-state index is 12.0. The second kappa shape index (κ2) is 6.38. The maximum absolute atomic E-state index is 12.0. The van der Waals surface area contributed by atoms with Gasteiger partial charge in [-0.05, 0) is 24.3 Å². The molecule has 20 heavy (non-hydrogen) atoms. The van der Waals surface area contributed by atoms with Crippen LogP contribution in [0.25, 0.3) is 0 Å². The highest BCUT2D eigenvalue weighted by Gasteiger charge is 2.10. The average Bonchev–Trinajstić information content (AvgIpc) is 2.38. The molecule has 0 fully saturated rings. The first-order valence-electron chi connectivity index (χ1n) is 6.02. The summed E-state index contributed by atoms with van der Waals surface area (Å²) >= 11 is 3.36. The normalized spacial score (nSPS) is 10.1. The number of carbonyl (C=O) groups is 1. The standard InChI is InChI=1S/C14H15BrN4O/c1-19(13-5-6-17-8-12(13)16)9-14(20)18-11-4-2-3-10(15)7-11/h2-8H,9,16H2,1H3,(H,18,20). The SMILES string of the molecule is CN(CC(=O)Nc1cccc(Br)c1)c1ccncc1N. The smallest absolute Gasteiger partial charge is 0.243 e. The van der Waals surface area contributed by atoms with Gasteiger partial charge in [-0.15, -0.1) is 0 Å². The minimum Gasteiger partial charge on any atom is -0.396 e. The lowest BCUT2D eigenvalue weighted by Crippen LogP contribution is -2.30. The van der Waals surface area contributed by atoms with Gasteiger partial charge >= 0.3 is 0 Å². The highest BCUT2D eigenvalue weighted by Crippen LogP contribution is 2.20. The van der Waals surface area contributed by atoms with Crippen LogP contribution in [0, 0.1) is 0 Å². The molecule has 0 aliphatic rings. The lowest BCUT2D eigenvalue weighted by atomic mass is 10.3. The number of hydrogen-bond acceptors (Lipinski definition) is 4. The first kappa shape index (κ1) is 14.3. The number of benzene rings is 1. The molecule has 1 aromatic carbocycles. The molecule has 6 heteroatoms. The Morgan fingerprint density at radius 2 is 2.25 bits per heavy atom. The van der Waals surface area contributed by atoms with Crippen molar-refractivity contribution < 1.29 is 4.79 Å². The number of rotatable bonds is 4. The summed E-state index contributed by atoms with van der Waals surface area (Å²) in [6.07, 6.45) is 3.21. The number of pyridine rings is 1. The zero-order chi connectivity index (χ0) is 14.5. The van der Waals surface area contributed by atoms with E-state index < -0.39 is 0 Å². The summed E-state index contributed by atoms with van der Waals surface area (Å²) in [6, 6.07) is 9.23. The molecular formula is C14H15BrN4O. The number of anilines is 3. The van der Waals surface area contributed by atoms with Crippen molar-refractivity contribution in [2.75, 3.05) is 29.5 Å². The number of nitrogens with zero attached hydrogens (tertiary/aromatic N) is 2. The van der Waals surface area contributed by atoms with E-state index in [2.05, 4.69) is 26.2 Å². The van der Waals surface area contributed by atoms with Crippen LogP contribution in [0.15, 0.2) is 47.2 Å². The Morgan fingerprint density at radius 3 is 2.95 bits per heavy atom. The zero-order valence-electron chi connectivity index (χ0n) is 11.0. The molecule has 104 valence electrons. The van der Waals surface area contributed by atoms with Gasteiger partial charge in [0.15, 0.2) is 0 Å². The molecule has 0 aliphatic heterocycles. The predicted octanol–water partition coefficient (Wildman–Crippen LogP) is 2.50. The van der Waals surface area contributed by atoms with Crippen molar-refractivity contribution in [1.82, 2.24) is 4.98 Å². The maximum Gasteiger partial charge on any atom is 0.243 e. The highest BCUT2D eigenvalue weighted by atomic mass is 79.9. The van der Waals surface area contributed by atoms with Crippen LogP contribution in [0.4, 0.5) is 17.1 Å². The Hall–Kier alpha value is -2.08. The van der Waals surface area contributed by atoms with Gasteiger partial charge in [-0.1, -0.05) is 22.0 Å². The topological polar surface area (TPSA) is 71.2 Å². The van der Waals surface area contributed by atoms with Crippen LogP contribution in [-0.2, 0) is 4.79 Å². The Kier molecular flexibility index (Phi) is 4.57. The van der Waals surface area contributed by atoms with Crippen LogP contribution < -0.4 is 16.0 Å². The van der Waals surface area contributed by atoms with E-state index in [0.29, 0.717) is 5.69 Å². The zero-order valence-corrected chi connectivity index (χ0v) is 12.6. The molecule has 0 bridgehead atoms. The number of nitrogens with one attached hydrogen (secondary N) is 1. The van der Waals surface area contributed by atoms with Gasteiger partial charge in [0.1, 0.15) is 0 Å². The number of halogens is 1. The number of likely N-dealkylation sites (N-methyl/N-ethyl adjacent to an activating group) is 1. The van der Waals surface area contributed by atoms with E-state index in [9.17, 15) is 4.79 Å². The molecule has 0 saturated heterocycles. The molecule has 0 atom stereocenters. The summed E-state index contributed by atoms with van der Waals surface area (Å²) in [5.74, 6) is -0.109. The number of hydrogen-bond donors (Lipinski definition) is 2. The lowest BCUT2D eigenvalue weighted by molar-refractivity contribution is -0.114. The van der Waals surface area contributed by atoms with Crippen LogP contribution in [0.1, 0.15) is 0 Å². The van der Waals surface area contributed by atoms with E-state index in [0.717, 1.165) is 15.8 Å². The van der Waals surface area contributed by atoms with Gasteiger partial charge in [0.25, 0.3) is 0 Å². The molecule has 0 radical (unpaired) electrons. The van der Waals surface area contributed by atoms with Crippen LogP contribution >= 0.6 is 15.9 Å². The number of nitrogens with two attached hydrogens (primary N) is 1. The van der Waals surface area contributed by atoms with E-state index in [1.165, 1.54) is 0 Å². The summed E-state index contributed by atoms with van der Waals surface area (Å²) in [5, 5.41) is 2.84. The van der Waals surface area contributed by atoms with Crippen LogP contribution in [-0.4, -0.2) is 24.5 Å². The van der Waals surface area contributed by atoms with E-state index in [1.54, 1.807) is 23.4 Å². The Labute approximate surface area is 125 Å². The molecule has 0 saturated carbocycles. The summed E-state index contributed by atoms with van der Waals surface area (Å²) < 4.78 is 0.919. The Balaban J connectivity index is 2.00. The van der Waals surface area contributed by atoms with Gasteiger partial charge in [-0.3, -0.25) is 9.78 Å². The van der Waals surface area contributed by atoms with Crippen molar-refractivity contribution in [1.29, 1.82) is 0 Å². The van der Waals surface area contributed by atoms with E-state index in [4.69, 9.17) is 5.73 Å². The van der Waals surface area contributed by atoms with Gasteiger partial charge in [0, 0.05) is 23.4 Å². The second-order valence-electron chi connectivity index (χ2n) is 4.35. The minimum atomic E-state index is -0.109. The monoisotopic (exact) mass is 334 g/mol. The van der Waals surface area contributed by atoms with Gasteiger partial charge in [-0.2, -0.15) is 0 Å². The number of aromatic nitrogens is 1. The molecule has 1 heterocycles. The molecule has 0 spiro atoms. The first-order chi connectivity index (χ1) is 9.56. The molecule has 1 amide bonds. The summed E-state index contributed by atoms with van der Waals surface area (Å²) in [5.41, 5.74) is 7.91. The van der Waals surface area contributed by atoms with Crippen molar-refractivity contribution in [3.8, 4) is 0 Å². The third-order valence-electron chi connectivity index (χ3n) is 2.73. The van der Waals surface area contributed by atoms with Crippen LogP contribution in [0.3, 0.4) is 0 Å². The minimum absolute atomic E-state index is 0.109. The fourth-order valence-electron chi connectivity index (χ4n) is 1.81. The molecule has 2 aromatic rings. The number of carbonyl (C=O) groups excluding carboxylic acids is 1. The molecule has 2 rings (SSSR count). The fourth-order valence-corrected chi connectivity index (χ4v) is 2.21. The second-order valence-corrected chi connectivity index (χ2v) is 5.26. The van der Waals surface area contributed by atoms with Gasteiger partial charge in [-0.25, -0.2) is 0 Å². The van der Waals surface area contributed by atoms with E-state index >= 15 is 0 Å². The van der Waals surface area contributed by atoms with Crippen molar-refractivity contribution in [3.05, 3.63) is 47.2 Å². The molecular weight excluding hydrogens is 320 g/mol. The van der Waals surface area contributed by atoms with Gasteiger partial charge < -0.3 is 16.0 Å². The van der Waals surface area contributed by atoms with Crippen molar-refractivity contribution in [3.63, 3.8) is 0 Å². The summed E-state index contributed by atoms with van der Waals surface area (Å²) in [7, 11) is 1.81. The molecule has 3 N–H and O–H groups in total. The largest absolute Gasteiger partial charge is 0.396 e. The van der Waals surface area contributed by atoms with Crippen molar-refractivity contribution in [2.24, 2.45) is 0 Å². The van der Waals surface area contributed by atoms with Gasteiger partial charge in [0.2, 0.25) is 5.91 Å². The summed E-state index contributed by atoms with van der Waals surface area (Å²) in [6.45, 7) is 0.209. The van der Waals surface area contributed by atoms with Gasteiger partial charge in [0.05, 0.1) is 24.1 Å². The Morgan fingerprint density at radius 1 is 1.45 bits per heavy atom. The predicted molar refractivity (Wildman–Crippen MR) is 84.7 cm³/mol. The quantitative estimate of drug-likeness (QED) is 0.901. The third kappa shape index (κ3) is 3.71. The van der Waals surface area contributed by atoms with E-state index in [-0.39, 0.29) is 12.5 Å². The highest BCUT2D eigenvalue weighted by molar-refractivity contribution is 9.10. The summed E-state index contributed by atoms with van der Waals surface area (Å²) in [4.78, 5) is 17.7. The van der Waals surface area contributed by atoms with Crippen LogP contribution in [0.5, 0.6) is 0 Å².